The number of rotatable bonds is 7. The maximum Gasteiger partial charge on any atom is 0.303 e. The second-order valence-electron chi connectivity index (χ2n) is 5.25. The highest BCUT2D eigenvalue weighted by Gasteiger charge is 2.02. The molecule has 5 heteroatoms. The van der Waals surface area contributed by atoms with Gasteiger partial charge in [-0.05, 0) is 29.5 Å². The van der Waals surface area contributed by atoms with Gasteiger partial charge in [-0.1, -0.05) is 54.6 Å². The number of aliphatic carboxylic acids is 2. The van der Waals surface area contributed by atoms with E-state index in [2.05, 4.69) is 0 Å². The van der Waals surface area contributed by atoms with Crippen molar-refractivity contribution in [3.8, 4) is 0 Å². The number of benzene rings is 2. The second kappa shape index (κ2) is 11.0. The maximum atomic E-state index is 10.3. The van der Waals surface area contributed by atoms with Crippen LogP contribution in [0.3, 0.4) is 0 Å². The van der Waals surface area contributed by atoms with Crippen molar-refractivity contribution in [3.63, 3.8) is 0 Å². The number of carbonyl (C=O) groups is 2. The molecule has 0 atom stereocenters. The lowest BCUT2D eigenvalue weighted by Crippen LogP contribution is -2.04. The molecule has 0 heterocycles. The Morgan fingerprint density at radius 2 is 1.25 bits per heavy atom. The molecule has 0 fully saturated rings. The predicted molar refractivity (Wildman–Crippen MR) is 92.7 cm³/mol. The van der Waals surface area contributed by atoms with E-state index < -0.39 is 11.9 Å². The van der Waals surface area contributed by atoms with E-state index in [1.807, 2.05) is 54.6 Å². The molecule has 128 valence electrons. The molecule has 0 saturated heterocycles. The van der Waals surface area contributed by atoms with Crippen molar-refractivity contribution < 1.29 is 19.8 Å². The van der Waals surface area contributed by atoms with Gasteiger partial charge in [0.1, 0.15) is 0 Å². The molecule has 0 saturated carbocycles. The van der Waals surface area contributed by atoms with Gasteiger partial charge in [-0.25, -0.2) is 0 Å². The molecule has 0 bridgehead atoms. The van der Waals surface area contributed by atoms with Crippen molar-refractivity contribution in [2.24, 2.45) is 5.73 Å². The predicted octanol–water partition coefficient (Wildman–Crippen LogP) is 2.87. The van der Waals surface area contributed by atoms with Crippen molar-refractivity contribution in [1.29, 1.82) is 0 Å². The highest BCUT2D eigenvalue weighted by molar-refractivity contribution is 5.67. The zero-order chi connectivity index (χ0) is 17.8. The molecule has 2 aromatic carbocycles. The summed E-state index contributed by atoms with van der Waals surface area (Å²) >= 11 is 0. The summed E-state index contributed by atoms with van der Waals surface area (Å²) in [7, 11) is 0. The number of carboxylic acid groups (broad SMARTS) is 2. The highest BCUT2D eigenvalue weighted by atomic mass is 16.4. The van der Waals surface area contributed by atoms with Crippen molar-refractivity contribution in [1.82, 2.24) is 0 Å². The van der Waals surface area contributed by atoms with Gasteiger partial charge in [-0.3, -0.25) is 9.59 Å². The van der Waals surface area contributed by atoms with E-state index >= 15 is 0 Å². The second-order valence-corrected chi connectivity index (χ2v) is 5.25. The normalized spacial score (nSPS) is 9.71. The van der Waals surface area contributed by atoms with Crippen LogP contribution in [0.1, 0.15) is 29.5 Å². The van der Waals surface area contributed by atoms with Crippen LogP contribution >= 0.6 is 0 Å². The Bertz CT molecular complexity index is 641. The summed E-state index contributed by atoms with van der Waals surface area (Å²) in [6.45, 7) is 0.468. The molecule has 2 rings (SSSR count). The minimum absolute atomic E-state index is 0.164. The lowest BCUT2D eigenvalue weighted by atomic mass is 10.0. The fourth-order valence-electron chi connectivity index (χ4n) is 2.14. The van der Waals surface area contributed by atoms with Crippen molar-refractivity contribution in [3.05, 3.63) is 71.3 Å². The fraction of sp³-hybridized carbons (Fsp3) is 0.263. The monoisotopic (exact) mass is 329 g/mol. The molecular weight excluding hydrogens is 306 g/mol. The summed E-state index contributed by atoms with van der Waals surface area (Å²) in [5, 5.41) is 16.9. The van der Waals surface area contributed by atoms with Gasteiger partial charge in [0.05, 0.1) is 0 Å². The first-order valence-electron chi connectivity index (χ1n) is 7.77. The largest absolute Gasteiger partial charge is 0.481 e. The van der Waals surface area contributed by atoms with Gasteiger partial charge in [0.2, 0.25) is 0 Å². The Labute approximate surface area is 141 Å². The molecule has 0 amide bonds. The van der Waals surface area contributed by atoms with Gasteiger partial charge in [0, 0.05) is 19.4 Å². The fourth-order valence-corrected chi connectivity index (χ4v) is 2.14. The van der Waals surface area contributed by atoms with Crippen LogP contribution in [0.5, 0.6) is 0 Å². The van der Waals surface area contributed by atoms with E-state index in [1.165, 1.54) is 0 Å². The molecule has 0 aromatic heterocycles. The van der Waals surface area contributed by atoms with Crippen LogP contribution < -0.4 is 5.73 Å². The lowest BCUT2D eigenvalue weighted by Gasteiger charge is -2.04. The van der Waals surface area contributed by atoms with Gasteiger partial charge < -0.3 is 15.9 Å². The Hall–Kier alpha value is -2.66. The Morgan fingerprint density at radius 3 is 1.79 bits per heavy atom. The number of aryl methyl sites for hydroxylation is 2. The summed E-state index contributed by atoms with van der Waals surface area (Å²) in [6, 6.07) is 17.3. The molecular formula is C19H23NO4. The van der Waals surface area contributed by atoms with Gasteiger partial charge in [-0.15, -0.1) is 0 Å². The van der Waals surface area contributed by atoms with E-state index in [1.54, 1.807) is 0 Å². The third kappa shape index (κ3) is 8.10. The van der Waals surface area contributed by atoms with Crippen LogP contribution in [0.4, 0.5) is 0 Å². The van der Waals surface area contributed by atoms with Gasteiger partial charge >= 0.3 is 11.9 Å². The van der Waals surface area contributed by atoms with Crippen LogP contribution in [0.25, 0.3) is 0 Å². The SMILES string of the molecule is NCc1ccccc1CCC(=O)O.O=C(O)CCc1ccccc1. The molecule has 0 aliphatic rings. The smallest absolute Gasteiger partial charge is 0.303 e. The molecule has 0 spiro atoms. The van der Waals surface area contributed by atoms with Gasteiger partial charge in [0.15, 0.2) is 0 Å². The minimum Gasteiger partial charge on any atom is -0.481 e. The average Bonchev–Trinajstić information content (AvgIpc) is 2.60. The van der Waals surface area contributed by atoms with E-state index in [0.29, 0.717) is 19.4 Å². The van der Waals surface area contributed by atoms with Crippen LogP contribution in [0, 0.1) is 0 Å². The van der Waals surface area contributed by atoms with E-state index in [-0.39, 0.29) is 12.8 Å². The number of hydrogen-bond donors (Lipinski definition) is 3. The molecule has 24 heavy (non-hydrogen) atoms. The molecule has 5 nitrogen and oxygen atoms in total. The molecule has 0 aliphatic heterocycles. The first-order chi connectivity index (χ1) is 11.5. The molecule has 0 unspecified atom stereocenters. The number of carboxylic acids is 2. The summed E-state index contributed by atoms with van der Waals surface area (Å²) in [4.78, 5) is 20.5. The average molecular weight is 329 g/mol. The molecule has 0 aliphatic carbocycles. The summed E-state index contributed by atoms with van der Waals surface area (Å²) in [6.07, 6.45) is 1.56. The minimum atomic E-state index is -0.771. The zero-order valence-corrected chi connectivity index (χ0v) is 13.5. The third-order valence-corrected chi connectivity index (χ3v) is 3.42. The summed E-state index contributed by atoms with van der Waals surface area (Å²) in [5.74, 6) is -1.51. The van der Waals surface area contributed by atoms with Gasteiger partial charge in [0.25, 0.3) is 0 Å². The van der Waals surface area contributed by atoms with Crippen LogP contribution in [-0.4, -0.2) is 22.2 Å². The topological polar surface area (TPSA) is 101 Å². The van der Waals surface area contributed by atoms with Crippen molar-refractivity contribution in [2.45, 2.75) is 32.2 Å². The number of nitrogens with two attached hydrogens (primary N) is 1. The Kier molecular flexibility index (Phi) is 8.86. The maximum absolute atomic E-state index is 10.3. The standard InChI is InChI=1S/C10H13NO2.C9H10O2/c11-7-9-4-2-1-3-8(9)5-6-10(12)13;10-9(11)7-6-8-4-2-1-3-5-8/h1-4H,5-7,11H2,(H,12,13);1-5H,6-7H2,(H,10,11). The van der Waals surface area contributed by atoms with E-state index in [4.69, 9.17) is 15.9 Å². The van der Waals surface area contributed by atoms with E-state index in [9.17, 15) is 9.59 Å². The van der Waals surface area contributed by atoms with Gasteiger partial charge in [-0.2, -0.15) is 0 Å². The number of hydrogen-bond acceptors (Lipinski definition) is 3. The van der Waals surface area contributed by atoms with Crippen molar-refractivity contribution >= 4 is 11.9 Å². The molecule has 2 aromatic rings. The van der Waals surface area contributed by atoms with Crippen LogP contribution in [-0.2, 0) is 29.0 Å². The first kappa shape index (κ1) is 19.4. The summed E-state index contributed by atoms with van der Waals surface area (Å²) < 4.78 is 0. The quantitative estimate of drug-likeness (QED) is 0.725. The highest BCUT2D eigenvalue weighted by Crippen LogP contribution is 2.10. The molecule has 4 N–H and O–H groups in total. The van der Waals surface area contributed by atoms with Crippen molar-refractivity contribution in [2.75, 3.05) is 0 Å². The lowest BCUT2D eigenvalue weighted by molar-refractivity contribution is -0.138. The van der Waals surface area contributed by atoms with E-state index in [0.717, 1.165) is 16.7 Å². The van der Waals surface area contributed by atoms with Crippen LogP contribution in [0.15, 0.2) is 54.6 Å². The zero-order valence-electron chi connectivity index (χ0n) is 13.5. The Balaban J connectivity index is 0.000000243. The third-order valence-electron chi connectivity index (χ3n) is 3.42. The molecule has 0 radical (unpaired) electrons. The summed E-state index contributed by atoms with van der Waals surface area (Å²) in [5.41, 5.74) is 8.65. The first-order valence-corrected chi connectivity index (χ1v) is 7.77. The Morgan fingerprint density at radius 1 is 0.750 bits per heavy atom. The van der Waals surface area contributed by atoms with Crippen LogP contribution in [0.2, 0.25) is 0 Å².